The van der Waals surface area contributed by atoms with Gasteiger partial charge in [0.25, 0.3) is 10.0 Å². The van der Waals surface area contributed by atoms with Crippen LogP contribution >= 0.6 is 0 Å². The minimum atomic E-state index is -3.76. The normalized spacial score (nSPS) is 11.0. The van der Waals surface area contributed by atoms with Gasteiger partial charge in [-0.1, -0.05) is 24.3 Å². The third-order valence-corrected chi connectivity index (χ3v) is 4.84. The molecule has 2 aromatic carbocycles. The Morgan fingerprint density at radius 1 is 1.04 bits per heavy atom. The summed E-state index contributed by atoms with van der Waals surface area (Å²) in [6.45, 7) is 1.82. The number of rotatable bonds is 4. The SMILES string of the molecule is Cc1ccc(-c2ccc(C#N)cc2)cc1NS(=O)(=O)c1ccco1. The van der Waals surface area contributed by atoms with Gasteiger partial charge in [0, 0.05) is 0 Å². The van der Waals surface area contributed by atoms with Crippen LogP contribution in [-0.4, -0.2) is 8.42 Å². The average Bonchev–Trinajstić information content (AvgIpc) is 3.12. The van der Waals surface area contributed by atoms with Gasteiger partial charge in [0.05, 0.1) is 23.6 Å². The summed E-state index contributed by atoms with van der Waals surface area (Å²) < 4.78 is 32.1. The standard InChI is InChI=1S/C18H14N2O3S/c1-13-4-7-16(15-8-5-14(12-19)6-9-15)11-17(13)20-24(21,22)18-3-2-10-23-18/h2-11,20H,1H3. The summed E-state index contributed by atoms with van der Waals surface area (Å²) in [5.41, 5.74) is 3.59. The molecule has 3 rings (SSSR count). The molecule has 120 valence electrons. The number of benzene rings is 2. The Balaban J connectivity index is 1.96. The lowest BCUT2D eigenvalue weighted by Crippen LogP contribution is -2.13. The molecule has 0 saturated carbocycles. The number of furan rings is 1. The molecule has 0 aliphatic carbocycles. The summed E-state index contributed by atoms with van der Waals surface area (Å²) in [6.07, 6.45) is 1.31. The predicted octanol–water partition coefficient (Wildman–Crippen LogP) is 3.93. The van der Waals surface area contributed by atoms with Gasteiger partial charge in [-0.25, -0.2) is 0 Å². The fraction of sp³-hybridized carbons (Fsp3) is 0.0556. The molecule has 0 spiro atoms. The van der Waals surface area contributed by atoms with Crippen molar-refractivity contribution in [3.63, 3.8) is 0 Å². The van der Waals surface area contributed by atoms with Crippen molar-refractivity contribution in [1.29, 1.82) is 5.26 Å². The number of hydrogen-bond donors (Lipinski definition) is 1. The molecule has 6 heteroatoms. The zero-order valence-electron chi connectivity index (χ0n) is 12.9. The monoisotopic (exact) mass is 338 g/mol. The highest BCUT2D eigenvalue weighted by Crippen LogP contribution is 2.27. The summed E-state index contributed by atoms with van der Waals surface area (Å²) in [6, 6.07) is 17.6. The number of nitrogens with zero attached hydrogens (tertiary/aromatic N) is 1. The van der Waals surface area contributed by atoms with Gasteiger partial charge < -0.3 is 4.42 Å². The highest BCUT2D eigenvalue weighted by Gasteiger charge is 2.18. The Hall–Kier alpha value is -3.04. The third kappa shape index (κ3) is 3.16. The Bertz CT molecular complexity index is 999. The molecule has 5 nitrogen and oxygen atoms in total. The number of sulfonamides is 1. The first-order valence-corrected chi connectivity index (χ1v) is 8.65. The molecule has 0 bridgehead atoms. The summed E-state index contributed by atoms with van der Waals surface area (Å²) in [5, 5.41) is 8.73. The van der Waals surface area contributed by atoms with Crippen molar-refractivity contribution in [3.8, 4) is 17.2 Å². The van der Waals surface area contributed by atoms with E-state index in [2.05, 4.69) is 10.8 Å². The van der Waals surface area contributed by atoms with Crippen LogP contribution in [-0.2, 0) is 10.0 Å². The number of anilines is 1. The van der Waals surface area contributed by atoms with E-state index in [-0.39, 0.29) is 5.09 Å². The summed E-state index contributed by atoms with van der Waals surface area (Å²) >= 11 is 0. The summed E-state index contributed by atoms with van der Waals surface area (Å²) in [5.74, 6) is 0. The van der Waals surface area contributed by atoms with E-state index in [1.54, 1.807) is 18.2 Å². The minimum absolute atomic E-state index is 0.134. The van der Waals surface area contributed by atoms with Crippen LogP contribution in [0.15, 0.2) is 70.4 Å². The molecule has 1 N–H and O–H groups in total. The molecule has 0 amide bonds. The van der Waals surface area contributed by atoms with Crippen LogP contribution < -0.4 is 4.72 Å². The minimum Gasteiger partial charge on any atom is -0.451 e. The molecule has 0 atom stereocenters. The molecule has 0 aliphatic rings. The van der Waals surface area contributed by atoms with Gasteiger partial charge in [-0.15, -0.1) is 0 Å². The molecule has 0 radical (unpaired) electrons. The molecule has 0 unspecified atom stereocenters. The maximum atomic E-state index is 12.3. The summed E-state index contributed by atoms with van der Waals surface area (Å²) in [4.78, 5) is 0. The largest absolute Gasteiger partial charge is 0.451 e. The van der Waals surface area contributed by atoms with Crippen molar-refractivity contribution in [3.05, 3.63) is 72.0 Å². The molecule has 0 fully saturated rings. The predicted molar refractivity (Wildman–Crippen MR) is 90.8 cm³/mol. The average molecular weight is 338 g/mol. The van der Waals surface area contributed by atoms with Crippen molar-refractivity contribution in [1.82, 2.24) is 0 Å². The maximum absolute atomic E-state index is 12.3. The van der Waals surface area contributed by atoms with Crippen LogP contribution in [0.2, 0.25) is 0 Å². The fourth-order valence-corrected chi connectivity index (χ4v) is 3.31. The van der Waals surface area contributed by atoms with Gasteiger partial charge in [0.1, 0.15) is 0 Å². The number of nitriles is 1. The molecule has 0 aliphatic heterocycles. The van der Waals surface area contributed by atoms with Crippen LogP contribution in [0.25, 0.3) is 11.1 Å². The second-order valence-corrected chi connectivity index (χ2v) is 6.87. The Morgan fingerprint density at radius 3 is 2.38 bits per heavy atom. The lowest BCUT2D eigenvalue weighted by Gasteiger charge is -2.11. The Morgan fingerprint density at radius 2 is 1.75 bits per heavy atom. The van der Waals surface area contributed by atoms with Crippen molar-refractivity contribution in [2.24, 2.45) is 0 Å². The van der Waals surface area contributed by atoms with Crippen LogP contribution in [0, 0.1) is 18.3 Å². The van der Waals surface area contributed by atoms with E-state index in [4.69, 9.17) is 9.68 Å². The Labute approximate surface area is 140 Å². The fourth-order valence-electron chi connectivity index (χ4n) is 2.26. The zero-order valence-corrected chi connectivity index (χ0v) is 13.7. The second kappa shape index (κ2) is 6.22. The molecule has 0 saturated heterocycles. The highest BCUT2D eigenvalue weighted by atomic mass is 32.2. The highest BCUT2D eigenvalue weighted by molar-refractivity contribution is 7.92. The molecule has 24 heavy (non-hydrogen) atoms. The van der Waals surface area contributed by atoms with Gasteiger partial charge in [-0.05, 0) is 53.9 Å². The van der Waals surface area contributed by atoms with Gasteiger partial charge in [0.2, 0.25) is 5.09 Å². The smallest absolute Gasteiger partial charge is 0.295 e. The zero-order chi connectivity index (χ0) is 17.2. The quantitative estimate of drug-likeness (QED) is 0.781. The first kappa shape index (κ1) is 15.8. The summed E-state index contributed by atoms with van der Waals surface area (Å²) in [7, 11) is -3.76. The maximum Gasteiger partial charge on any atom is 0.295 e. The first-order chi connectivity index (χ1) is 11.5. The van der Waals surface area contributed by atoms with E-state index >= 15 is 0 Å². The van der Waals surface area contributed by atoms with Gasteiger partial charge in [-0.2, -0.15) is 13.7 Å². The van der Waals surface area contributed by atoms with Crippen molar-refractivity contribution >= 4 is 15.7 Å². The first-order valence-electron chi connectivity index (χ1n) is 7.17. The van der Waals surface area contributed by atoms with E-state index in [0.717, 1.165) is 16.7 Å². The Kier molecular flexibility index (Phi) is 4.11. The molecular weight excluding hydrogens is 324 g/mol. The van der Waals surface area contributed by atoms with E-state index in [1.165, 1.54) is 18.4 Å². The van der Waals surface area contributed by atoms with Crippen molar-refractivity contribution in [2.45, 2.75) is 12.0 Å². The van der Waals surface area contributed by atoms with Crippen molar-refractivity contribution < 1.29 is 12.8 Å². The lowest BCUT2D eigenvalue weighted by molar-refractivity contribution is 0.452. The second-order valence-electron chi connectivity index (χ2n) is 5.26. The van der Waals surface area contributed by atoms with Gasteiger partial charge in [-0.3, -0.25) is 4.72 Å². The van der Waals surface area contributed by atoms with Gasteiger partial charge in [0.15, 0.2) is 0 Å². The van der Waals surface area contributed by atoms with Crippen LogP contribution in [0.3, 0.4) is 0 Å². The van der Waals surface area contributed by atoms with Crippen LogP contribution in [0.1, 0.15) is 11.1 Å². The van der Waals surface area contributed by atoms with E-state index in [0.29, 0.717) is 11.3 Å². The molecule has 1 heterocycles. The molecular formula is C18H14N2O3S. The van der Waals surface area contributed by atoms with E-state index < -0.39 is 10.0 Å². The molecule has 1 aromatic heterocycles. The van der Waals surface area contributed by atoms with E-state index in [1.807, 2.05) is 31.2 Å². The van der Waals surface area contributed by atoms with Crippen molar-refractivity contribution in [2.75, 3.05) is 4.72 Å². The van der Waals surface area contributed by atoms with E-state index in [9.17, 15) is 8.42 Å². The lowest BCUT2D eigenvalue weighted by atomic mass is 10.0. The number of nitrogens with one attached hydrogen (secondary N) is 1. The number of aryl methyl sites for hydroxylation is 1. The number of hydrogen-bond acceptors (Lipinski definition) is 4. The van der Waals surface area contributed by atoms with Crippen LogP contribution in [0.4, 0.5) is 5.69 Å². The molecule has 3 aromatic rings. The topological polar surface area (TPSA) is 83.1 Å². The van der Waals surface area contributed by atoms with Gasteiger partial charge >= 0.3 is 0 Å². The van der Waals surface area contributed by atoms with Crippen LogP contribution in [0.5, 0.6) is 0 Å². The third-order valence-electron chi connectivity index (χ3n) is 3.59.